The van der Waals surface area contributed by atoms with Crippen molar-refractivity contribution in [3.05, 3.63) is 71.4 Å². The molecule has 0 saturated carbocycles. The van der Waals surface area contributed by atoms with Crippen LogP contribution in [0, 0.1) is 0 Å². The average molecular weight is 389 g/mol. The fourth-order valence-corrected chi connectivity index (χ4v) is 4.32. The highest BCUT2D eigenvalue weighted by Crippen LogP contribution is 2.28. The first-order valence-corrected chi connectivity index (χ1v) is 10.6. The van der Waals surface area contributed by atoms with Crippen molar-refractivity contribution < 1.29 is 9.59 Å². The predicted molar refractivity (Wildman–Crippen MR) is 116 cm³/mol. The number of hydrogen-bond donors (Lipinski definition) is 1. The molecule has 0 atom stereocenters. The molecule has 29 heavy (non-hydrogen) atoms. The summed E-state index contributed by atoms with van der Waals surface area (Å²) in [6.07, 6.45) is 5.25. The number of aromatic nitrogens is 1. The molecule has 2 aromatic carbocycles. The maximum absolute atomic E-state index is 12.8. The topological polar surface area (TPSA) is 53.2 Å². The molecule has 2 heterocycles. The Labute approximate surface area is 171 Å². The molecule has 1 fully saturated rings. The minimum Gasteiger partial charge on any atom is -0.360 e. The number of Topliss-reactive ketones (excluding diaryl/α,β-unsaturated/α-hetero) is 1. The van der Waals surface area contributed by atoms with E-state index in [4.69, 9.17) is 0 Å². The van der Waals surface area contributed by atoms with Crippen LogP contribution in [-0.2, 0) is 11.2 Å². The van der Waals surface area contributed by atoms with Gasteiger partial charge in [-0.15, -0.1) is 0 Å². The van der Waals surface area contributed by atoms with Crippen LogP contribution in [0.1, 0.15) is 60.0 Å². The maximum atomic E-state index is 12.8. The lowest BCUT2D eigenvalue weighted by Crippen LogP contribution is -2.38. The third-order valence-corrected chi connectivity index (χ3v) is 6.14. The molecule has 1 amide bonds. The molecule has 150 valence electrons. The predicted octanol–water partition coefficient (Wildman–Crippen LogP) is 5.10. The number of likely N-dealkylation sites (tertiary alicyclic amines) is 1. The van der Waals surface area contributed by atoms with Crippen LogP contribution in [-0.4, -0.2) is 34.7 Å². The molecule has 1 aliphatic heterocycles. The van der Waals surface area contributed by atoms with Crippen LogP contribution < -0.4 is 0 Å². The Morgan fingerprint density at radius 2 is 1.79 bits per heavy atom. The Bertz CT molecular complexity index is 998. The summed E-state index contributed by atoms with van der Waals surface area (Å²) in [7, 11) is 0. The lowest BCUT2D eigenvalue weighted by atomic mass is 9.89. The van der Waals surface area contributed by atoms with Gasteiger partial charge in [-0.05, 0) is 48.4 Å². The normalized spacial score (nSPS) is 15.0. The van der Waals surface area contributed by atoms with Crippen molar-refractivity contribution in [3.8, 4) is 0 Å². The summed E-state index contributed by atoms with van der Waals surface area (Å²) in [5.74, 6) is 0.664. The quantitative estimate of drug-likeness (QED) is 0.597. The largest absolute Gasteiger partial charge is 0.360 e. The van der Waals surface area contributed by atoms with Crippen LogP contribution >= 0.6 is 0 Å². The van der Waals surface area contributed by atoms with E-state index in [1.165, 1.54) is 11.1 Å². The summed E-state index contributed by atoms with van der Waals surface area (Å²) in [5.41, 5.74) is 4.25. The van der Waals surface area contributed by atoms with Crippen LogP contribution in [0.2, 0.25) is 0 Å². The lowest BCUT2D eigenvalue weighted by Gasteiger charge is -2.32. The van der Waals surface area contributed by atoms with Crippen LogP contribution in [0.15, 0.2) is 54.7 Å². The van der Waals surface area contributed by atoms with Crippen LogP contribution in [0.5, 0.6) is 0 Å². The molecule has 3 aromatic rings. The van der Waals surface area contributed by atoms with Crippen molar-refractivity contribution in [2.24, 2.45) is 0 Å². The molecule has 4 heteroatoms. The third kappa shape index (κ3) is 4.26. The number of H-pyrrole nitrogens is 1. The number of rotatable bonds is 6. The molecule has 1 aliphatic rings. The number of amides is 1. The van der Waals surface area contributed by atoms with Crippen molar-refractivity contribution in [3.63, 3.8) is 0 Å². The molecule has 4 rings (SSSR count). The average Bonchev–Trinajstić information content (AvgIpc) is 3.21. The molecule has 0 unspecified atom stereocenters. The number of benzene rings is 2. The van der Waals surface area contributed by atoms with E-state index in [2.05, 4.69) is 48.3 Å². The molecular weight excluding hydrogens is 360 g/mol. The standard InChI is InChI=1S/C25H28N2O2/c1-2-18-8-9-23-21(16-18)22(17-26-23)24(28)10-11-25(29)27-14-12-20(13-15-27)19-6-4-3-5-7-19/h3-9,16-17,20,26H,2,10-15H2,1H3. The Morgan fingerprint density at radius 3 is 2.52 bits per heavy atom. The summed E-state index contributed by atoms with van der Waals surface area (Å²) in [6.45, 7) is 3.66. The fraction of sp³-hybridized carbons (Fsp3) is 0.360. The van der Waals surface area contributed by atoms with E-state index >= 15 is 0 Å². The van der Waals surface area contributed by atoms with E-state index < -0.39 is 0 Å². The molecule has 0 radical (unpaired) electrons. The van der Waals surface area contributed by atoms with Gasteiger partial charge in [-0.1, -0.05) is 43.3 Å². The first-order valence-electron chi connectivity index (χ1n) is 10.6. The molecular formula is C25H28N2O2. The molecule has 1 saturated heterocycles. The number of ketones is 1. The number of nitrogens with one attached hydrogen (secondary N) is 1. The summed E-state index contributed by atoms with van der Waals surface area (Å²) < 4.78 is 0. The highest BCUT2D eigenvalue weighted by Gasteiger charge is 2.24. The number of piperidine rings is 1. The van der Waals surface area contributed by atoms with Gasteiger partial charge in [0.15, 0.2) is 5.78 Å². The Morgan fingerprint density at radius 1 is 1.03 bits per heavy atom. The number of hydrogen-bond acceptors (Lipinski definition) is 2. The fourth-order valence-electron chi connectivity index (χ4n) is 4.32. The molecule has 0 aliphatic carbocycles. The molecule has 1 aromatic heterocycles. The van der Waals surface area contributed by atoms with Gasteiger partial charge >= 0.3 is 0 Å². The highest BCUT2D eigenvalue weighted by molar-refractivity contribution is 6.08. The minimum atomic E-state index is 0.0389. The van der Waals surface area contributed by atoms with Gasteiger partial charge in [0.25, 0.3) is 0 Å². The van der Waals surface area contributed by atoms with E-state index in [1.54, 1.807) is 6.20 Å². The van der Waals surface area contributed by atoms with Gasteiger partial charge in [0, 0.05) is 48.6 Å². The van der Waals surface area contributed by atoms with E-state index in [1.807, 2.05) is 17.0 Å². The number of aromatic amines is 1. The minimum absolute atomic E-state index is 0.0389. The second-order valence-electron chi connectivity index (χ2n) is 7.92. The summed E-state index contributed by atoms with van der Waals surface area (Å²) in [4.78, 5) is 30.5. The maximum Gasteiger partial charge on any atom is 0.223 e. The van der Waals surface area contributed by atoms with Gasteiger partial charge in [0.2, 0.25) is 5.91 Å². The smallest absolute Gasteiger partial charge is 0.223 e. The number of carbonyl (C=O) groups is 2. The lowest BCUT2D eigenvalue weighted by molar-refractivity contribution is -0.132. The Hall–Kier alpha value is -2.88. The summed E-state index contributed by atoms with van der Waals surface area (Å²) >= 11 is 0. The van der Waals surface area contributed by atoms with Gasteiger partial charge in [0.1, 0.15) is 0 Å². The monoisotopic (exact) mass is 388 g/mol. The highest BCUT2D eigenvalue weighted by atomic mass is 16.2. The zero-order valence-electron chi connectivity index (χ0n) is 17.0. The molecule has 4 nitrogen and oxygen atoms in total. The van der Waals surface area contributed by atoms with Crippen LogP contribution in [0.25, 0.3) is 10.9 Å². The van der Waals surface area contributed by atoms with Crippen molar-refractivity contribution in [2.45, 2.75) is 44.9 Å². The zero-order chi connectivity index (χ0) is 20.2. The summed E-state index contributed by atoms with van der Waals surface area (Å²) in [5, 5.41) is 0.963. The first-order chi connectivity index (χ1) is 14.2. The van der Waals surface area contributed by atoms with Gasteiger partial charge in [-0.3, -0.25) is 9.59 Å². The van der Waals surface area contributed by atoms with E-state index in [9.17, 15) is 9.59 Å². The zero-order valence-corrected chi connectivity index (χ0v) is 17.0. The van der Waals surface area contributed by atoms with Crippen LogP contribution in [0.3, 0.4) is 0 Å². The van der Waals surface area contributed by atoms with Gasteiger partial charge in [-0.25, -0.2) is 0 Å². The Kier molecular flexibility index (Phi) is 5.79. The van der Waals surface area contributed by atoms with Gasteiger partial charge in [0.05, 0.1) is 0 Å². The second-order valence-corrected chi connectivity index (χ2v) is 7.92. The first kappa shape index (κ1) is 19.4. The summed E-state index contributed by atoms with van der Waals surface area (Å²) in [6, 6.07) is 16.7. The van der Waals surface area contributed by atoms with E-state index in [0.717, 1.165) is 43.3 Å². The molecule has 1 N–H and O–H groups in total. The van der Waals surface area contributed by atoms with E-state index in [-0.39, 0.29) is 24.5 Å². The second kappa shape index (κ2) is 8.64. The SMILES string of the molecule is CCc1ccc2[nH]cc(C(=O)CCC(=O)N3CCC(c4ccccc4)CC3)c2c1. The number of carbonyl (C=O) groups excluding carboxylic acids is 2. The van der Waals surface area contributed by atoms with Crippen molar-refractivity contribution in [1.82, 2.24) is 9.88 Å². The number of fused-ring (bicyclic) bond motifs is 1. The van der Waals surface area contributed by atoms with Crippen molar-refractivity contribution in [1.29, 1.82) is 0 Å². The molecule has 0 spiro atoms. The van der Waals surface area contributed by atoms with Crippen molar-refractivity contribution in [2.75, 3.05) is 13.1 Å². The number of nitrogens with zero attached hydrogens (tertiary/aromatic N) is 1. The van der Waals surface area contributed by atoms with Gasteiger partial charge in [-0.2, -0.15) is 0 Å². The van der Waals surface area contributed by atoms with Gasteiger partial charge < -0.3 is 9.88 Å². The van der Waals surface area contributed by atoms with E-state index in [0.29, 0.717) is 11.5 Å². The number of aryl methyl sites for hydroxylation is 1. The Balaban J connectivity index is 1.32. The van der Waals surface area contributed by atoms with Crippen LogP contribution in [0.4, 0.5) is 0 Å². The molecule has 0 bridgehead atoms. The third-order valence-electron chi connectivity index (χ3n) is 6.14. The van der Waals surface area contributed by atoms with Crippen molar-refractivity contribution >= 4 is 22.6 Å².